The monoisotopic (exact) mass is 338 g/mol. The minimum atomic E-state index is -0.0175. The maximum Gasteiger partial charge on any atom is 0.244 e. The maximum atomic E-state index is 12.7. The summed E-state index contributed by atoms with van der Waals surface area (Å²) in [4.78, 5) is 14.9. The first-order valence-electron chi connectivity index (χ1n) is 9.05. The number of aryl methyl sites for hydroxylation is 1. The summed E-state index contributed by atoms with van der Waals surface area (Å²) in [7, 11) is 0. The van der Waals surface area contributed by atoms with Crippen molar-refractivity contribution in [3.63, 3.8) is 0 Å². The Labute approximate surface area is 149 Å². The number of nitrogens with zero attached hydrogens (tertiary/aromatic N) is 1. The van der Waals surface area contributed by atoms with Gasteiger partial charge in [-0.25, -0.2) is 0 Å². The standard InChI is InChI=1S/C21H26N2O2/c1-3-14-25-20-11-7-5-9-18(20)22-21(24)15-23-16(2)12-13-17-8-4-6-10-19(17)23/h4-11,16H,3,12-15H2,1-2H3,(H,22,24). The predicted octanol–water partition coefficient (Wildman–Crippen LogP) is 4.26. The lowest BCUT2D eigenvalue weighted by molar-refractivity contribution is -0.115. The Morgan fingerprint density at radius 3 is 2.80 bits per heavy atom. The van der Waals surface area contributed by atoms with E-state index in [4.69, 9.17) is 4.74 Å². The molecule has 4 nitrogen and oxygen atoms in total. The van der Waals surface area contributed by atoms with Gasteiger partial charge in [-0.05, 0) is 49.9 Å². The molecule has 1 aliphatic heterocycles. The van der Waals surface area contributed by atoms with Crippen LogP contribution in [0.3, 0.4) is 0 Å². The van der Waals surface area contributed by atoms with Crippen LogP contribution in [0, 0.1) is 0 Å². The number of rotatable bonds is 6. The molecule has 2 aromatic rings. The third-order valence-electron chi connectivity index (χ3n) is 4.60. The van der Waals surface area contributed by atoms with E-state index in [9.17, 15) is 4.79 Å². The molecule has 3 rings (SSSR count). The molecular weight excluding hydrogens is 312 g/mol. The molecule has 2 aromatic carbocycles. The van der Waals surface area contributed by atoms with E-state index >= 15 is 0 Å². The van der Waals surface area contributed by atoms with Crippen LogP contribution in [-0.4, -0.2) is 25.1 Å². The summed E-state index contributed by atoms with van der Waals surface area (Å²) in [6.45, 7) is 5.24. The SMILES string of the molecule is CCCOc1ccccc1NC(=O)CN1c2ccccc2CCC1C. The lowest BCUT2D eigenvalue weighted by atomic mass is 9.96. The van der Waals surface area contributed by atoms with Gasteiger partial charge in [0.2, 0.25) is 5.91 Å². The Morgan fingerprint density at radius 1 is 1.20 bits per heavy atom. The second-order valence-corrected chi connectivity index (χ2v) is 6.54. The van der Waals surface area contributed by atoms with Crippen LogP contribution >= 0.6 is 0 Å². The molecule has 1 unspecified atom stereocenters. The lowest BCUT2D eigenvalue weighted by Gasteiger charge is -2.36. The van der Waals surface area contributed by atoms with Gasteiger partial charge < -0.3 is 15.0 Å². The van der Waals surface area contributed by atoms with Crippen LogP contribution in [0.4, 0.5) is 11.4 Å². The Kier molecular flexibility index (Phi) is 5.59. The molecule has 1 heterocycles. The maximum absolute atomic E-state index is 12.7. The average molecular weight is 338 g/mol. The van der Waals surface area contributed by atoms with Crippen molar-refractivity contribution in [2.75, 3.05) is 23.4 Å². The van der Waals surface area contributed by atoms with Crippen molar-refractivity contribution in [3.8, 4) is 5.75 Å². The van der Waals surface area contributed by atoms with Crippen molar-refractivity contribution in [2.45, 2.75) is 39.2 Å². The quantitative estimate of drug-likeness (QED) is 0.856. The highest BCUT2D eigenvalue weighted by Gasteiger charge is 2.24. The fourth-order valence-corrected chi connectivity index (χ4v) is 3.25. The van der Waals surface area contributed by atoms with E-state index in [1.54, 1.807) is 0 Å². The molecule has 132 valence electrons. The van der Waals surface area contributed by atoms with Gasteiger partial charge in [-0.1, -0.05) is 37.3 Å². The van der Waals surface area contributed by atoms with Gasteiger partial charge in [0.05, 0.1) is 18.8 Å². The summed E-state index contributed by atoms with van der Waals surface area (Å²) in [5, 5.41) is 3.01. The molecule has 0 saturated carbocycles. The first kappa shape index (κ1) is 17.3. The number of carbonyl (C=O) groups is 1. The van der Waals surface area contributed by atoms with Crippen molar-refractivity contribution >= 4 is 17.3 Å². The van der Waals surface area contributed by atoms with Gasteiger partial charge in [0.25, 0.3) is 0 Å². The molecule has 0 aromatic heterocycles. The van der Waals surface area contributed by atoms with Gasteiger partial charge in [0.1, 0.15) is 5.75 Å². The lowest BCUT2D eigenvalue weighted by Crippen LogP contribution is -2.42. The van der Waals surface area contributed by atoms with E-state index in [0.29, 0.717) is 19.2 Å². The van der Waals surface area contributed by atoms with Crippen LogP contribution in [0.15, 0.2) is 48.5 Å². The van der Waals surface area contributed by atoms with Crippen molar-refractivity contribution in [2.24, 2.45) is 0 Å². The largest absolute Gasteiger partial charge is 0.491 e. The predicted molar refractivity (Wildman–Crippen MR) is 102 cm³/mol. The van der Waals surface area contributed by atoms with Crippen LogP contribution in [0.5, 0.6) is 5.75 Å². The first-order chi connectivity index (χ1) is 12.2. The van der Waals surface area contributed by atoms with Gasteiger partial charge >= 0.3 is 0 Å². The van der Waals surface area contributed by atoms with Gasteiger partial charge in [0.15, 0.2) is 0 Å². The second-order valence-electron chi connectivity index (χ2n) is 6.54. The number of anilines is 2. The fourth-order valence-electron chi connectivity index (χ4n) is 3.25. The molecule has 0 radical (unpaired) electrons. The van der Waals surface area contributed by atoms with E-state index in [-0.39, 0.29) is 5.91 Å². The van der Waals surface area contributed by atoms with Gasteiger partial charge in [0, 0.05) is 11.7 Å². The molecule has 1 atom stereocenters. The zero-order valence-corrected chi connectivity index (χ0v) is 15.0. The molecule has 0 bridgehead atoms. The van der Waals surface area contributed by atoms with Crippen LogP contribution < -0.4 is 15.0 Å². The number of fused-ring (bicyclic) bond motifs is 1. The summed E-state index contributed by atoms with van der Waals surface area (Å²) < 4.78 is 5.73. The topological polar surface area (TPSA) is 41.6 Å². The second kappa shape index (κ2) is 8.06. The average Bonchev–Trinajstić information content (AvgIpc) is 2.63. The van der Waals surface area contributed by atoms with Crippen molar-refractivity contribution in [3.05, 3.63) is 54.1 Å². The van der Waals surface area contributed by atoms with Crippen LogP contribution in [0.25, 0.3) is 0 Å². The molecule has 1 N–H and O–H groups in total. The summed E-state index contributed by atoms with van der Waals surface area (Å²) in [5.41, 5.74) is 3.23. The van der Waals surface area contributed by atoms with E-state index in [0.717, 1.165) is 30.7 Å². The molecule has 1 amide bonds. The third kappa shape index (κ3) is 4.13. The number of hydrogen-bond acceptors (Lipinski definition) is 3. The van der Waals surface area contributed by atoms with E-state index in [1.807, 2.05) is 30.3 Å². The smallest absolute Gasteiger partial charge is 0.244 e. The van der Waals surface area contributed by atoms with Crippen molar-refractivity contribution < 1.29 is 9.53 Å². The highest BCUT2D eigenvalue weighted by atomic mass is 16.5. The van der Waals surface area contributed by atoms with E-state index < -0.39 is 0 Å². The van der Waals surface area contributed by atoms with E-state index in [1.165, 1.54) is 11.3 Å². The number of benzene rings is 2. The molecule has 0 saturated heterocycles. The minimum absolute atomic E-state index is 0.0175. The van der Waals surface area contributed by atoms with E-state index in [2.05, 4.69) is 42.3 Å². The molecular formula is C21H26N2O2. The number of hydrogen-bond donors (Lipinski definition) is 1. The Bertz CT molecular complexity index is 729. The zero-order valence-electron chi connectivity index (χ0n) is 15.0. The highest BCUT2D eigenvalue weighted by Crippen LogP contribution is 2.30. The Balaban J connectivity index is 1.71. The van der Waals surface area contributed by atoms with Crippen LogP contribution in [-0.2, 0) is 11.2 Å². The molecule has 4 heteroatoms. The minimum Gasteiger partial charge on any atom is -0.491 e. The molecule has 1 aliphatic rings. The fraction of sp³-hybridized carbons (Fsp3) is 0.381. The number of para-hydroxylation sites is 3. The first-order valence-corrected chi connectivity index (χ1v) is 9.05. The summed E-state index contributed by atoms with van der Waals surface area (Å²) in [6.07, 6.45) is 3.08. The number of amides is 1. The van der Waals surface area contributed by atoms with Crippen LogP contribution in [0.2, 0.25) is 0 Å². The number of nitrogens with one attached hydrogen (secondary N) is 1. The molecule has 0 fully saturated rings. The zero-order chi connectivity index (χ0) is 17.6. The summed E-state index contributed by atoms with van der Waals surface area (Å²) in [5.74, 6) is 0.709. The summed E-state index contributed by atoms with van der Waals surface area (Å²) in [6, 6.07) is 16.3. The highest BCUT2D eigenvalue weighted by molar-refractivity contribution is 5.95. The normalized spacial score (nSPS) is 16.2. The van der Waals surface area contributed by atoms with Gasteiger partial charge in [-0.2, -0.15) is 0 Å². The summed E-state index contributed by atoms with van der Waals surface area (Å²) >= 11 is 0. The molecule has 25 heavy (non-hydrogen) atoms. The van der Waals surface area contributed by atoms with Crippen molar-refractivity contribution in [1.82, 2.24) is 0 Å². The molecule has 0 aliphatic carbocycles. The van der Waals surface area contributed by atoms with Gasteiger partial charge in [-0.15, -0.1) is 0 Å². The Morgan fingerprint density at radius 2 is 1.96 bits per heavy atom. The van der Waals surface area contributed by atoms with Crippen molar-refractivity contribution in [1.29, 1.82) is 0 Å². The Hall–Kier alpha value is -2.49. The van der Waals surface area contributed by atoms with Crippen LogP contribution in [0.1, 0.15) is 32.3 Å². The third-order valence-corrected chi connectivity index (χ3v) is 4.60. The molecule has 0 spiro atoms. The number of carbonyl (C=O) groups excluding carboxylic acids is 1. The van der Waals surface area contributed by atoms with Gasteiger partial charge in [-0.3, -0.25) is 4.79 Å². The number of ether oxygens (including phenoxy) is 1.